The van der Waals surface area contributed by atoms with Crippen LogP contribution in [0.15, 0.2) is 0 Å². The summed E-state index contributed by atoms with van der Waals surface area (Å²) in [6, 6.07) is 0.0924. The third-order valence-corrected chi connectivity index (χ3v) is 2.20. The largest absolute Gasteiger partial charge is 0.381 e. The van der Waals surface area contributed by atoms with Crippen molar-refractivity contribution in [3.05, 3.63) is 0 Å². The van der Waals surface area contributed by atoms with Crippen molar-refractivity contribution in [2.24, 2.45) is 0 Å². The number of ether oxygens (including phenoxy) is 1. The van der Waals surface area contributed by atoms with E-state index in [2.05, 4.69) is 10.6 Å². The number of methoxy groups -OCH3 is 1. The van der Waals surface area contributed by atoms with Gasteiger partial charge in [0, 0.05) is 20.2 Å². The minimum absolute atomic E-state index is 0.0924. The lowest BCUT2D eigenvalue weighted by Gasteiger charge is -2.34. The van der Waals surface area contributed by atoms with Crippen LogP contribution in [0.2, 0.25) is 0 Å². The molecule has 1 aliphatic carbocycles. The topological polar surface area (TPSA) is 67.4 Å². The molecule has 2 amide bonds. The summed E-state index contributed by atoms with van der Waals surface area (Å²) < 4.78 is 5.03. The zero-order valence-corrected chi connectivity index (χ0v) is 7.79. The first-order valence-corrected chi connectivity index (χ1v) is 4.22. The van der Waals surface area contributed by atoms with E-state index in [0.29, 0.717) is 0 Å². The zero-order valence-electron chi connectivity index (χ0n) is 7.79. The molecule has 74 valence electrons. The minimum atomic E-state index is -0.596. The van der Waals surface area contributed by atoms with Crippen LogP contribution in [0.25, 0.3) is 0 Å². The van der Waals surface area contributed by atoms with E-state index in [1.54, 1.807) is 7.11 Å². The molecule has 0 aliphatic heterocycles. The molecule has 0 aromatic carbocycles. The molecule has 5 nitrogen and oxygen atoms in total. The van der Waals surface area contributed by atoms with Gasteiger partial charge in [-0.2, -0.15) is 0 Å². The molecule has 1 fully saturated rings. The molecule has 0 heterocycles. The predicted molar refractivity (Wildman–Crippen MR) is 46.0 cm³/mol. The second-order valence-corrected chi connectivity index (χ2v) is 3.08. The summed E-state index contributed by atoms with van der Waals surface area (Å²) in [7, 11) is 3.07. The second-order valence-electron chi connectivity index (χ2n) is 3.08. The van der Waals surface area contributed by atoms with Crippen LogP contribution in [0.1, 0.15) is 12.8 Å². The second kappa shape index (κ2) is 4.23. The molecule has 5 heteroatoms. The predicted octanol–water partition coefficient (Wildman–Crippen LogP) is -0.974. The van der Waals surface area contributed by atoms with E-state index in [4.69, 9.17) is 4.74 Å². The number of hydrogen-bond donors (Lipinski definition) is 2. The maximum atomic E-state index is 11.0. The van der Waals surface area contributed by atoms with Gasteiger partial charge in [0.1, 0.15) is 0 Å². The van der Waals surface area contributed by atoms with E-state index >= 15 is 0 Å². The van der Waals surface area contributed by atoms with Gasteiger partial charge in [0.15, 0.2) is 0 Å². The van der Waals surface area contributed by atoms with Crippen molar-refractivity contribution in [3.8, 4) is 0 Å². The average molecular weight is 186 g/mol. The highest BCUT2D eigenvalue weighted by atomic mass is 16.5. The monoisotopic (exact) mass is 186 g/mol. The van der Waals surface area contributed by atoms with Crippen LogP contribution in [-0.2, 0) is 14.3 Å². The standard InChI is InChI=1S/C8H14N2O3/c1-9-7(11)8(12)10-5-3-6(4-5)13-2/h5-6H,3-4H2,1-2H3,(H,9,11)(H,10,12). The molecule has 13 heavy (non-hydrogen) atoms. The molecule has 0 unspecified atom stereocenters. The van der Waals surface area contributed by atoms with Crippen molar-refractivity contribution in [2.45, 2.75) is 25.0 Å². The van der Waals surface area contributed by atoms with Gasteiger partial charge in [-0.1, -0.05) is 0 Å². The first kappa shape index (κ1) is 9.98. The summed E-state index contributed by atoms with van der Waals surface area (Å²) in [6.07, 6.45) is 1.81. The Morgan fingerprint density at radius 3 is 2.38 bits per heavy atom. The first-order valence-electron chi connectivity index (χ1n) is 4.22. The Morgan fingerprint density at radius 2 is 1.92 bits per heavy atom. The van der Waals surface area contributed by atoms with Crippen LogP contribution >= 0.6 is 0 Å². The van der Waals surface area contributed by atoms with Crippen LogP contribution in [0.4, 0.5) is 0 Å². The average Bonchev–Trinajstić information content (AvgIpc) is 2.08. The number of carbonyl (C=O) groups excluding carboxylic acids is 2. The van der Waals surface area contributed by atoms with Crippen molar-refractivity contribution in [1.29, 1.82) is 0 Å². The van der Waals surface area contributed by atoms with Gasteiger partial charge in [-0.3, -0.25) is 9.59 Å². The van der Waals surface area contributed by atoms with Gasteiger partial charge < -0.3 is 15.4 Å². The molecule has 1 aliphatic rings. The highest BCUT2D eigenvalue weighted by Gasteiger charge is 2.31. The fourth-order valence-electron chi connectivity index (χ4n) is 1.24. The van der Waals surface area contributed by atoms with Crippen LogP contribution < -0.4 is 10.6 Å². The quantitative estimate of drug-likeness (QED) is 0.545. The van der Waals surface area contributed by atoms with Crippen molar-refractivity contribution in [3.63, 3.8) is 0 Å². The van der Waals surface area contributed by atoms with E-state index in [1.165, 1.54) is 7.05 Å². The lowest BCUT2D eigenvalue weighted by atomic mass is 9.89. The van der Waals surface area contributed by atoms with Gasteiger partial charge >= 0.3 is 11.8 Å². The Kier molecular flexibility index (Phi) is 3.25. The molecule has 1 rings (SSSR count). The summed E-state index contributed by atoms with van der Waals surface area (Å²) in [5.74, 6) is -1.16. The summed E-state index contributed by atoms with van der Waals surface area (Å²) >= 11 is 0. The number of likely N-dealkylation sites (N-methyl/N-ethyl adjacent to an activating group) is 1. The van der Waals surface area contributed by atoms with Crippen molar-refractivity contribution < 1.29 is 14.3 Å². The molecule has 0 atom stereocenters. The third-order valence-electron chi connectivity index (χ3n) is 2.20. The molecule has 0 spiro atoms. The van der Waals surface area contributed by atoms with Crippen molar-refractivity contribution in [2.75, 3.05) is 14.2 Å². The summed E-state index contributed by atoms with van der Waals surface area (Å²) in [5.41, 5.74) is 0. The zero-order chi connectivity index (χ0) is 9.84. The summed E-state index contributed by atoms with van der Waals surface area (Å²) in [4.78, 5) is 21.8. The van der Waals surface area contributed by atoms with E-state index in [-0.39, 0.29) is 12.1 Å². The highest BCUT2D eigenvalue weighted by molar-refractivity contribution is 6.35. The minimum Gasteiger partial charge on any atom is -0.381 e. The van der Waals surface area contributed by atoms with Gasteiger partial charge in [0.2, 0.25) is 0 Å². The Bertz CT molecular complexity index is 211. The number of rotatable bonds is 2. The Morgan fingerprint density at radius 1 is 1.31 bits per heavy atom. The normalized spacial score (nSPS) is 26.0. The van der Waals surface area contributed by atoms with E-state index in [9.17, 15) is 9.59 Å². The Balaban J connectivity index is 2.20. The van der Waals surface area contributed by atoms with Crippen molar-refractivity contribution in [1.82, 2.24) is 10.6 Å². The molecule has 0 aromatic heterocycles. The number of nitrogens with one attached hydrogen (secondary N) is 2. The van der Waals surface area contributed by atoms with Gasteiger partial charge in [-0.05, 0) is 12.8 Å². The number of carbonyl (C=O) groups is 2. The molecule has 0 saturated heterocycles. The fourth-order valence-corrected chi connectivity index (χ4v) is 1.24. The van der Waals surface area contributed by atoms with E-state index < -0.39 is 11.8 Å². The van der Waals surface area contributed by atoms with Crippen LogP contribution in [0.3, 0.4) is 0 Å². The summed E-state index contributed by atoms with van der Waals surface area (Å²) in [5, 5.41) is 4.86. The van der Waals surface area contributed by atoms with Gasteiger partial charge in [-0.15, -0.1) is 0 Å². The Labute approximate surface area is 76.8 Å². The lowest BCUT2D eigenvalue weighted by molar-refractivity contribution is -0.140. The highest BCUT2D eigenvalue weighted by Crippen LogP contribution is 2.22. The SMILES string of the molecule is CNC(=O)C(=O)NC1CC(OC)C1. The number of amides is 2. The third kappa shape index (κ3) is 2.42. The fraction of sp³-hybridized carbons (Fsp3) is 0.750. The van der Waals surface area contributed by atoms with Gasteiger partial charge in [0.25, 0.3) is 0 Å². The van der Waals surface area contributed by atoms with Gasteiger partial charge in [0.05, 0.1) is 6.10 Å². The van der Waals surface area contributed by atoms with Crippen LogP contribution in [0.5, 0.6) is 0 Å². The molecule has 0 bridgehead atoms. The van der Waals surface area contributed by atoms with Crippen LogP contribution in [-0.4, -0.2) is 38.1 Å². The molecule has 2 N–H and O–H groups in total. The molecular formula is C8H14N2O3. The maximum Gasteiger partial charge on any atom is 0.309 e. The molecular weight excluding hydrogens is 172 g/mol. The van der Waals surface area contributed by atoms with Crippen LogP contribution in [0, 0.1) is 0 Å². The first-order chi connectivity index (χ1) is 6.17. The van der Waals surface area contributed by atoms with E-state index in [0.717, 1.165) is 12.8 Å². The Hall–Kier alpha value is -1.10. The maximum absolute atomic E-state index is 11.0. The van der Waals surface area contributed by atoms with E-state index in [1.807, 2.05) is 0 Å². The smallest absolute Gasteiger partial charge is 0.309 e. The number of hydrogen-bond acceptors (Lipinski definition) is 3. The summed E-state index contributed by atoms with van der Waals surface area (Å²) in [6.45, 7) is 0. The lowest BCUT2D eigenvalue weighted by Crippen LogP contribution is -2.51. The molecule has 0 radical (unpaired) electrons. The van der Waals surface area contributed by atoms with Crippen molar-refractivity contribution >= 4 is 11.8 Å². The molecule has 1 saturated carbocycles. The molecule has 0 aromatic rings. The van der Waals surface area contributed by atoms with Gasteiger partial charge in [-0.25, -0.2) is 0 Å².